The van der Waals surface area contributed by atoms with Gasteiger partial charge in [-0.3, -0.25) is 9.69 Å². The molecule has 1 aromatic rings. The van der Waals surface area contributed by atoms with Crippen molar-refractivity contribution in [3.05, 3.63) is 29.8 Å². The maximum absolute atomic E-state index is 11.2. The molecule has 0 radical (unpaired) electrons. The fraction of sp³-hybridized carbons (Fsp3) is 0.562. The SMILES string of the molecule is CCC(c1ccc(OC)cc1)N1CCCC(C(=O)O)C1. The van der Waals surface area contributed by atoms with Crippen molar-refractivity contribution in [2.24, 2.45) is 5.92 Å². The lowest BCUT2D eigenvalue weighted by atomic mass is 9.94. The molecule has 1 aromatic carbocycles. The molecule has 110 valence electrons. The summed E-state index contributed by atoms with van der Waals surface area (Å²) in [5, 5.41) is 9.21. The maximum atomic E-state index is 11.2. The van der Waals surface area contributed by atoms with E-state index < -0.39 is 5.97 Å². The third-order valence-electron chi connectivity index (χ3n) is 4.13. The van der Waals surface area contributed by atoms with Crippen LogP contribution in [-0.4, -0.2) is 36.2 Å². The lowest BCUT2D eigenvalue weighted by molar-refractivity contribution is -0.144. The Hall–Kier alpha value is -1.55. The summed E-state index contributed by atoms with van der Waals surface area (Å²) in [6.45, 7) is 3.79. The summed E-state index contributed by atoms with van der Waals surface area (Å²) in [6.07, 6.45) is 2.74. The summed E-state index contributed by atoms with van der Waals surface area (Å²) in [5.41, 5.74) is 1.24. The van der Waals surface area contributed by atoms with Gasteiger partial charge in [-0.2, -0.15) is 0 Å². The Bertz CT molecular complexity index is 444. The van der Waals surface area contributed by atoms with Gasteiger partial charge in [0, 0.05) is 12.6 Å². The summed E-state index contributed by atoms with van der Waals surface area (Å²) < 4.78 is 5.19. The smallest absolute Gasteiger partial charge is 0.307 e. The number of benzene rings is 1. The fourth-order valence-electron chi connectivity index (χ4n) is 3.02. The van der Waals surface area contributed by atoms with Crippen LogP contribution in [0.15, 0.2) is 24.3 Å². The Morgan fingerprint density at radius 2 is 2.15 bits per heavy atom. The monoisotopic (exact) mass is 277 g/mol. The van der Waals surface area contributed by atoms with E-state index in [9.17, 15) is 9.90 Å². The predicted molar refractivity (Wildman–Crippen MR) is 78.0 cm³/mol. The zero-order valence-corrected chi connectivity index (χ0v) is 12.2. The molecule has 0 spiro atoms. The third kappa shape index (κ3) is 3.31. The largest absolute Gasteiger partial charge is 0.497 e. The Morgan fingerprint density at radius 3 is 2.70 bits per heavy atom. The van der Waals surface area contributed by atoms with Crippen molar-refractivity contribution in [3.63, 3.8) is 0 Å². The van der Waals surface area contributed by atoms with E-state index in [1.807, 2.05) is 12.1 Å². The molecule has 2 atom stereocenters. The number of ether oxygens (including phenoxy) is 1. The first-order valence-corrected chi connectivity index (χ1v) is 7.26. The van der Waals surface area contributed by atoms with Crippen molar-refractivity contribution in [3.8, 4) is 5.75 Å². The number of carboxylic acid groups (broad SMARTS) is 1. The van der Waals surface area contributed by atoms with E-state index in [0.717, 1.165) is 31.6 Å². The lowest BCUT2D eigenvalue weighted by Crippen LogP contribution is -2.40. The number of piperidine rings is 1. The van der Waals surface area contributed by atoms with Crippen LogP contribution in [0.1, 0.15) is 37.8 Å². The van der Waals surface area contributed by atoms with Crippen LogP contribution in [0.3, 0.4) is 0 Å². The van der Waals surface area contributed by atoms with Crippen LogP contribution in [0, 0.1) is 5.92 Å². The van der Waals surface area contributed by atoms with Crippen molar-refractivity contribution in [1.29, 1.82) is 0 Å². The molecule has 1 saturated heterocycles. The molecule has 4 heteroatoms. The van der Waals surface area contributed by atoms with Gasteiger partial charge in [-0.05, 0) is 43.5 Å². The van der Waals surface area contributed by atoms with Crippen molar-refractivity contribution < 1.29 is 14.6 Å². The molecule has 4 nitrogen and oxygen atoms in total. The average molecular weight is 277 g/mol. The van der Waals surface area contributed by atoms with Gasteiger partial charge in [-0.1, -0.05) is 19.1 Å². The van der Waals surface area contributed by atoms with Gasteiger partial charge in [0.15, 0.2) is 0 Å². The number of hydrogen-bond donors (Lipinski definition) is 1. The molecule has 0 aliphatic carbocycles. The van der Waals surface area contributed by atoms with E-state index in [-0.39, 0.29) is 5.92 Å². The summed E-state index contributed by atoms with van der Waals surface area (Å²) >= 11 is 0. The molecular formula is C16H23NO3. The van der Waals surface area contributed by atoms with Crippen LogP contribution >= 0.6 is 0 Å². The molecule has 1 N–H and O–H groups in total. The second kappa shape index (κ2) is 6.75. The highest BCUT2D eigenvalue weighted by Gasteiger charge is 2.29. The maximum Gasteiger partial charge on any atom is 0.307 e. The molecule has 1 heterocycles. The Morgan fingerprint density at radius 1 is 1.45 bits per heavy atom. The normalized spacial score (nSPS) is 21.4. The van der Waals surface area contributed by atoms with Gasteiger partial charge in [0.25, 0.3) is 0 Å². The van der Waals surface area contributed by atoms with Crippen LogP contribution in [0.25, 0.3) is 0 Å². The lowest BCUT2D eigenvalue weighted by Gasteiger charge is -2.37. The molecule has 2 rings (SSSR count). The number of methoxy groups -OCH3 is 1. The van der Waals surface area contributed by atoms with Crippen LogP contribution in [0.5, 0.6) is 5.75 Å². The number of carboxylic acids is 1. The highest BCUT2D eigenvalue weighted by molar-refractivity contribution is 5.70. The summed E-state index contributed by atoms with van der Waals surface area (Å²) in [5.74, 6) is -0.0407. The topological polar surface area (TPSA) is 49.8 Å². The number of carbonyl (C=O) groups is 1. The van der Waals surface area contributed by atoms with Crippen LogP contribution in [0.2, 0.25) is 0 Å². The minimum Gasteiger partial charge on any atom is -0.497 e. The third-order valence-corrected chi connectivity index (χ3v) is 4.13. The van der Waals surface area contributed by atoms with E-state index in [0.29, 0.717) is 12.6 Å². The molecule has 0 aromatic heterocycles. The quantitative estimate of drug-likeness (QED) is 0.899. The number of hydrogen-bond acceptors (Lipinski definition) is 3. The van der Waals surface area contributed by atoms with E-state index in [1.165, 1.54) is 5.56 Å². The van der Waals surface area contributed by atoms with Crippen LogP contribution in [0.4, 0.5) is 0 Å². The highest BCUT2D eigenvalue weighted by atomic mass is 16.5. The van der Waals surface area contributed by atoms with Crippen molar-refractivity contribution in [1.82, 2.24) is 4.90 Å². The van der Waals surface area contributed by atoms with Crippen molar-refractivity contribution >= 4 is 5.97 Å². The van der Waals surface area contributed by atoms with Gasteiger partial charge in [-0.25, -0.2) is 0 Å². The Labute approximate surface area is 120 Å². The number of likely N-dealkylation sites (tertiary alicyclic amines) is 1. The molecular weight excluding hydrogens is 254 g/mol. The molecule has 0 amide bonds. The van der Waals surface area contributed by atoms with Crippen molar-refractivity contribution in [2.75, 3.05) is 20.2 Å². The van der Waals surface area contributed by atoms with Gasteiger partial charge in [0.1, 0.15) is 5.75 Å². The first-order valence-electron chi connectivity index (χ1n) is 7.26. The molecule has 20 heavy (non-hydrogen) atoms. The van der Waals surface area contributed by atoms with Gasteiger partial charge in [0.05, 0.1) is 13.0 Å². The minimum atomic E-state index is -0.667. The van der Waals surface area contributed by atoms with Crippen LogP contribution in [-0.2, 0) is 4.79 Å². The standard InChI is InChI=1S/C16H23NO3/c1-3-15(12-6-8-14(20-2)9-7-12)17-10-4-5-13(11-17)16(18)19/h6-9,13,15H,3-5,10-11H2,1-2H3,(H,18,19). The Kier molecular flexibility index (Phi) is 5.01. The fourth-order valence-corrected chi connectivity index (χ4v) is 3.02. The molecule has 2 unspecified atom stereocenters. The van der Waals surface area contributed by atoms with E-state index in [2.05, 4.69) is 24.0 Å². The first-order chi connectivity index (χ1) is 9.65. The number of nitrogens with zero attached hydrogens (tertiary/aromatic N) is 1. The zero-order chi connectivity index (χ0) is 14.5. The zero-order valence-electron chi connectivity index (χ0n) is 12.2. The highest BCUT2D eigenvalue weighted by Crippen LogP contribution is 2.30. The van der Waals surface area contributed by atoms with Crippen LogP contribution < -0.4 is 4.74 Å². The second-order valence-corrected chi connectivity index (χ2v) is 5.37. The van der Waals surface area contributed by atoms with Gasteiger partial charge in [0.2, 0.25) is 0 Å². The number of rotatable bonds is 5. The molecule has 0 bridgehead atoms. The summed E-state index contributed by atoms with van der Waals surface area (Å²) in [6, 6.07) is 8.39. The van der Waals surface area contributed by atoms with E-state index >= 15 is 0 Å². The first kappa shape index (κ1) is 14.9. The predicted octanol–water partition coefficient (Wildman–Crippen LogP) is 2.94. The van der Waals surface area contributed by atoms with E-state index in [1.54, 1.807) is 7.11 Å². The second-order valence-electron chi connectivity index (χ2n) is 5.37. The number of aliphatic carboxylic acids is 1. The molecule has 1 aliphatic rings. The molecule has 1 fully saturated rings. The van der Waals surface area contributed by atoms with Gasteiger partial charge < -0.3 is 9.84 Å². The van der Waals surface area contributed by atoms with Crippen molar-refractivity contribution in [2.45, 2.75) is 32.2 Å². The molecule has 0 saturated carbocycles. The molecule has 1 aliphatic heterocycles. The summed E-state index contributed by atoms with van der Waals surface area (Å²) in [4.78, 5) is 13.5. The Balaban J connectivity index is 2.12. The average Bonchev–Trinajstić information content (AvgIpc) is 2.49. The summed E-state index contributed by atoms with van der Waals surface area (Å²) in [7, 11) is 1.66. The minimum absolute atomic E-state index is 0.226. The van der Waals surface area contributed by atoms with Gasteiger partial charge >= 0.3 is 5.97 Å². The van der Waals surface area contributed by atoms with E-state index in [4.69, 9.17) is 4.74 Å². The van der Waals surface area contributed by atoms with Gasteiger partial charge in [-0.15, -0.1) is 0 Å².